The SMILES string of the molecule is [2H]C([2H])([2H])n1c(=O)n([C@@H]2CC[C@@]([2H])(NC(=O)OC)C2)c2cc(Nc3ccc4c(C)nn([C@@]5(C(N)=O)C[C@@H]5C(F)(F)F)c4n3)ncc21. The number of halogens is 3. The minimum absolute atomic E-state index is 0.00797. The van der Waals surface area contributed by atoms with Crippen molar-refractivity contribution in [3.63, 3.8) is 0 Å². The van der Waals surface area contributed by atoms with E-state index in [1.54, 1.807) is 13.0 Å². The number of carbonyl (C=O) groups excluding carboxylic acids is 2. The Morgan fingerprint density at radius 1 is 1.26 bits per heavy atom. The zero-order chi connectivity index (χ0) is 33.6. The second-order valence-corrected chi connectivity index (χ2v) is 10.4. The summed E-state index contributed by atoms with van der Waals surface area (Å²) in [4.78, 5) is 46.3. The number of fused-ring (bicyclic) bond motifs is 2. The smallest absolute Gasteiger partial charge is 0.407 e. The van der Waals surface area contributed by atoms with E-state index in [0.717, 1.165) is 11.8 Å². The van der Waals surface area contributed by atoms with Crippen LogP contribution in [-0.4, -0.2) is 60.2 Å². The topological polar surface area (TPSA) is 164 Å². The number of methoxy groups -OCH3 is 1. The minimum Gasteiger partial charge on any atom is -0.453 e. The van der Waals surface area contributed by atoms with Crippen molar-refractivity contribution in [3.05, 3.63) is 40.6 Å². The highest BCUT2D eigenvalue weighted by atomic mass is 19.4. The minimum atomic E-state index is -4.69. The van der Waals surface area contributed by atoms with Crippen molar-refractivity contribution < 1.29 is 33.0 Å². The van der Waals surface area contributed by atoms with Gasteiger partial charge in [-0.3, -0.25) is 13.9 Å². The van der Waals surface area contributed by atoms with E-state index < -0.39 is 60.8 Å². The number of ether oxygens (including phenoxy) is 1. The zero-order valence-corrected chi connectivity index (χ0v) is 22.3. The summed E-state index contributed by atoms with van der Waals surface area (Å²) < 4.78 is 80.9. The van der Waals surface area contributed by atoms with Gasteiger partial charge in [-0.25, -0.2) is 24.2 Å². The first-order chi connectivity index (χ1) is 21.4. The van der Waals surface area contributed by atoms with E-state index in [4.69, 9.17) is 11.2 Å². The highest BCUT2D eigenvalue weighted by Crippen LogP contribution is 2.58. The molecule has 2 fully saturated rings. The number of amides is 2. The van der Waals surface area contributed by atoms with Crippen LogP contribution in [0.3, 0.4) is 0 Å². The van der Waals surface area contributed by atoms with Crippen LogP contribution in [0, 0.1) is 12.8 Å². The van der Waals surface area contributed by atoms with Crippen LogP contribution in [-0.2, 0) is 22.0 Å². The first kappa shape index (κ1) is 23.0. The highest BCUT2D eigenvalue weighted by Gasteiger charge is 2.73. The third-order valence-electron chi connectivity index (χ3n) is 7.95. The second kappa shape index (κ2) is 9.46. The Kier molecular flexibility index (Phi) is 5.18. The molecule has 0 unspecified atom stereocenters. The van der Waals surface area contributed by atoms with Gasteiger partial charge < -0.3 is 21.1 Å². The first-order valence-corrected chi connectivity index (χ1v) is 12.9. The number of alkyl carbamates (subject to hydrolysis) is 1. The summed E-state index contributed by atoms with van der Waals surface area (Å²) in [6.07, 6.45) is -4.49. The Bertz CT molecular complexity index is 1970. The summed E-state index contributed by atoms with van der Waals surface area (Å²) in [5, 5.41) is 9.96. The molecule has 4 atom stereocenters. The summed E-state index contributed by atoms with van der Waals surface area (Å²) in [5.74, 6) is -3.01. The lowest BCUT2D eigenvalue weighted by Crippen LogP contribution is -2.39. The largest absolute Gasteiger partial charge is 0.453 e. The molecule has 6 rings (SSSR count). The molecule has 4 heterocycles. The number of hydrogen-bond donors (Lipinski definition) is 3. The number of pyridine rings is 2. The Balaban J connectivity index is 1.40. The van der Waals surface area contributed by atoms with Gasteiger partial charge in [-0.2, -0.15) is 18.3 Å². The maximum Gasteiger partial charge on any atom is 0.407 e. The number of anilines is 2. The number of aromatic nitrogens is 6. The number of hydrogen-bond acceptors (Lipinski definition) is 8. The van der Waals surface area contributed by atoms with Gasteiger partial charge in [0.25, 0.3) is 0 Å². The summed E-state index contributed by atoms with van der Waals surface area (Å²) in [6.45, 7) is -1.30. The van der Waals surface area contributed by atoms with Crippen molar-refractivity contribution in [3.8, 4) is 0 Å². The number of rotatable bonds is 6. The van der Waals surface area contributed by atoms with Gasteiger partial charge in [0.2, 0.25) is 5.91 Å². The van der Waals surface area contributed by atoms with Crippen LogP contribution in [0.5, 0.6) is 0 Å². The summed E-state index contributed by atoms with van der Waals surface area (Å²) in [6, 6.07) is 2.36. The van der Waals surface area contributed by atoms with Gasteiger partial charge in [-0.15, -0.1) is 0 Å². The second-order valence-electron chi connectivity index (χ2n) is 10.4. The number of aryl methyl sites for hydroxylation is 2. The van der Waals surface area contributed by atoms with Crippen LogP contribution in [0.1, 0.15) is 42.9 Å². The molecule has 0 saturated heterocycles. The molecule has 2 aliphatic rings. The molecule has 0 radical (unpaired) electrons. The molecule has 16 heteroatoms. The third kappa shape index (κ3) is 4.23. The molecule has 0 bridgehead atoms. The Hall–Kier alpha value is -4.63. The predicted octanol–water partition coefficient (Wildman–Crippen LogP) is 2.74. The van der Waals surface area contributed by atoms with Gasteiger partial charge in [0.15, 0.2) is 11.2 Å². The molecule has 0 aromatic carbocycles. The van der Waals surface area contributed by atoms with Crippen LogP contribution < -0.4 is 22.1 Å². The summed E-state index contributed by atoms with van der Waals surface area (Å²) in [5.41, 5.74) is 2.96. The van der Waals surface area contributed by atoms with Crippen LogP contribution in [0.15, 0.2) is 29.2 Å². The summed E-state index contributed by atoms with van der Waals surface area (Å²) >= 11 is 0. The quantitative estimate of drug-likeness (QED) is 0.308. The molecule has 0 aliphatic heterocycles. The number of carbonyl (C=O) groups is 2. The number of primary amides is 1. The number of alkyl halides is 3. The van der Waals surface area contributed by atoms with Gasteiger partial charge >= 0.3 is 18.0 Å². The van der Waals surface area contributed by atoms with Crippen LogP contribution in [0.25, 0.3) is 22.1 Å². The van der Waals surface area contributed by atoms with E-state index in [2.05, 4.69) is 30.4 Å². The van der Waals surface area contributed by atoms with Crippen LogP contribution >= 0.6 is 0 Å². The normalized spacial score (nSPS) is 27.3. The lowest BCUT2D eigenvalue weighted by Gasteiger charge is -2.17. The highest BCUT2D eigenvalue weighted by molar-refractivity contribution is 5.90. The average molecular weight is 592 g/mol. The zero-order valence-electron chi connectivity index (χ0n) is 26.3. The molecule has 2 aliphatic carbocycles. The molecule has 4 aromatic heterocycles. The number of nitrogens with one attached hydrogen (secondary N) is 2. The van der Waals surface area contributed by atoms with E-state index in [1.807, 2.05) is 0 Å². The molecule has 0 spiro atoms. The standard InChI is InChI=1S/C26H28F3N9O4/c1-12-15-6-7-19(34-21(15)38(35-12)25(22(30)39)10-18(25)26(27,28)29)33-20-9-16-17(11-31-20)36(2)24(41)37(16)14-5-4-13(8-14)32-23(40)42-3/h6-7,9,11,13-14,18H,4-5,8,10H2,1-3H3,(H2,30,39)(H,32,40)(H,31,33,34)/t13-,14-,18+,25+/m1/s1/i2D3,13D. The van der Waals surface area contributed by atoms with Crippen LogP contribution in [0.4, 0.5) is 29.6 Å². The fourth-order valence-corrected chi connectivity index (χ4v) is 5.77. The Morgan fingerprint density at radius 3 is 2.71 bits per heavy atom. The van der Waals surface area contributed by atoms with Crippen molar-refractivity contribution in [1.29, 1.82) is 0 Å². The van der Waals surface area contributed by atoms with E-state index >= 15 is 0 Å². The third-order valence-corrected chi connectivity index (χ3v) is 7.95. The monoisotopic (exact) mass is 591 g/mol. The number of imidazole rings is 1. The van der Waals surface area contributed by atoms with Crippen molar-refractivity contribution in [1.82, 2.24) is 34.2 Å². The molecule has 222 valence electrons. The molecular weight excluding hydrogens is 559 g/mol. The predicted molar refractivity (Wildman–Crippen MR) is 144 cm³/mol. The van der Waals surface area contributed by atoms with Crippen LogP contribution in [0.2, 0.25) is 0 Å². The Labute approximate surface area is 241 Å². The van der Waals surface area contributed by atoms with Gasteiger partial charge in [-0.1, -0.05) is 0 Å². The first-order valence-electron chi connectivity index (χ1n) is 14.9. The summed E-state index contributed by atoms with van der Waals surface area (Å²) in [7, 11) is 1.16. The fourth-order valence-electron chi connectivity index (χ4n) is 5.77. The van der Waals surface area contributed by atoms with Gasteiger partial charge in [0.05, 0.1) is 37.3 Å². The van der Waals surface area contributed by atoms with Crippen molar-refractivity contribution in [2.75, 3.05) is 12.4 Å². The van der Waals surface area contributed by atoms with E-state index in [9.17, 15) is 27.6 Å². The van der Waals surface area contributed by atoms with Gasteiger partial charge in [0, 0.05) is 34.6 Å². The fraction of sp³-hybridized carbons (Fsp3) is 0.462. The maximum atomic E-state index is 13.7. The van der Waals surface area contributed by atoms with Crippen molar-refractivity contribution >= 4 is 45.7 Å². The molecule has 2 amide bonds. The molecule has 13 nitrogen and oxygen atoms in total. The lowest BCUT2D eigenvalue weighted by atomic mass is 10.2. The molecular formula is C26H28F3N9O4. The molecule has 4 N–H and O–H groups in total. The molecule has 42 heavy (non-hydrogen) atoms. The van der Waals surface area contributed by atoms with E-state index in [1.165, 1.54) is 22.9 Å². The molecule has 2 saturated carbocycles. The molecule has 4 aromatic rings. The van der Waals surface area contributed by atoms with Crippen molar-refractivity contribution in [2.24, 2.45) is 18.6 Å². The maximum absolute atomic E-state index is 13.7. The van der Waals surface area contributed by atoms with E-state index in [0.29, 0.717) is 15.6 Å². The lowest BCUT2D eigenvalue weighted by molar-refractivity contribution is -0.160. The number of nitrogens with zero attached hydrogens (tertiary/aromatic N) is 6. The van der Waals surface area contributed by atoms with Gasteiger partial charge in [0.1, 0.15) is 11.6 Å². The Morgan fingerprint density at radius 2 is 2.05 bits per heavy atom. The number of nitrogens with two attached hydrogens (primary N) is 1. The average Bonchev–Trinajstić information content (AvgIpc) is 3.38. The van der Waals surface area contributed by atoms with Gasteiger partial charge in [-0.05, 0) is 44.7 Å². The van der Waals surface area contributed by atoms with E-state index in [-0.39, 0.29) is 47.6 Å². The van der Waals surface area contributed by atoms with Crippen molar-refractivity contribution in [2.45, 2.75) is 56.4 Å².